The summed E-state index contributed by atoms with van der Waals surface area (Å²) in [6.07, 6.45) is 0. The van der Waals surface area contributed by atoms with Crippen molar-refractivity contribution in [2.24, 2.45) is 0 Å². The number of hydrogen-bond donors (Lipinski definition) is 2. The van der Waals surface area contributed by atoms with Gasteiger partial charge in [-0.25, -0.2) is 9.67 Å². The molecule has 0 bridgehead atoms. The summed E-state index contributed by atoms with van der Waals surface area (Å²) in [5.74, 6) is 1.52. The van der Waals surface area contributed by atoms with E-state index in [1.807, 2.05) is 59.7 Å². The van der Waals surface area contributed by atoms with Crippen molar-refractivity contribution in [3.05, 3.63) is 67.7 Å². The fourth-order valence-electron chi connectivity index (χ4n) is 3.73. The molecule has 0 aliphatic heterocycles. The standard InChI is InChI=1S/C24H27N5O2S2/c1-12-7-13(2)9-18(8-12)29-20(10-14(3)28-29)27-22(30)17(6)32-11-19-25-23(31)21-15(4)16(5)33-24(21)26-19/h7-10,17H,11H2,1-6H3,(H,27,30)(H,25,26,31). The molecule has 1 unspecified atom stereocenters. The number of thiophene rings is 1. The number of nitrogens with one attached hydrogen (secondary N) is 2. The Kier molecular flexibility index (Phi) is 6.45. The molecule has 33 heavy (non-hydrogen) atoms. The third-order valence-corrected chi connectivity index (χ3v) is 7.72. The van der Waals surface area contributed by atoms with Gasteiger partial charge in [-0.1, -0.05) is 6.07 Å². The summed E-state index contributed by atoms with van der Waals surface area (Å²) in [5, 5.41) is 7.88. The van der Waals surface area contributed by atoms with E-state index in [0.29, 0.717) is 22.8 Å². The zero-order chi connectivity index (χ0) is 23.9. The van der Waals surface area contributed by atoms with Crippen molar-refractivity contribution in [3.8, 4) is 5.69 Å². The van der Waals surface area contributed by atoms with Crippen LogP contribution in [0.25, 0.3) is 15.9 Å². The van der Waals surface area contributed by atoms with Crippen molar-refractivity contribution in [3.63, 3.8) is 0 Å². The summed E-state index contributed by atoms with van der Waals surface area (Å²) < 4.78 is 1.76. The van der Waals surface area contributed by atoms with Gasteiger partial charge in [0.2, 0.25) is 5.91 Å². The summed E-state index contributed by atoms with van der Waals surface area (Å²) in [6, 6.07) is 8.05. The van der Waals surface area contributed by atoms with Crippen LogP contribution in [0.1, 0.15) is 40.0 Å². The van der Waals surface area contributed by atoms with E-state index in [-0.39, 0.29) is 16.7 Å². The number of hydrogen-bond acceptors (Lipinski definition) is 6. The number of fused-ring (bicyclic) bond motifs is 1. The first-order valence-electron chi connectivity index (χ1n) is 10.7. The molecular weight excluding hydrogens is 454 g/mol. The number of carbonyl (C=O) groups is 1. The van der Waals surface area contributed by atoms with Gasteiger partial charge >= 0.3 is 0 Å². The number of aromatic nitrogens is 4. The Hall–Kier alpha value is -2.91. The van der Waals surface area contributed by atoms with Gasteiger partial charge in [-0.15, -0.1) is 23.1 Å². The van der Waals surface area contributed by atoms with Crippen molar-refractivity contribution in [1.29, 1.82) is 0 Å². The first kappa shape index (κ1) is 23.3. The number of benzene rings is 1. The predicted octanol–water partition coefficient (Wildman–Crippen LogP) is 4.97. The van der Waals surface area contributed by atoms with Crippen LogP contribution in [0, 0.1) is 34.6 Å². The maximum absolute atomic E-state index is 12.9. The van der Waals surface area contributed by atoms with Gasteiger partial charge in [-0.2, -0.15) is 5.10 Å². The summed E-state index contributed by atoms with van der Waals surface area (Å²) in [7, 11) is 0. The monoisotopic (exact) mass is 481 g/mol. The number of H-pyrrole nitrogens is 1. The number of thioether (sulfide) groups is 1. The molecule has 1 amide bonds. The second-order valence-electron chi connectivity index (χ2n) is 8.35. The second kappa shape index (κ2) is 9.15. The van der Waals surface area contributed by atoms with Crippen molar-refractivity contribution in [2.45, 2.75) is 52.5 Å². The second-order valence-corrected chi connectivity index (χ2v) is 10.9. The Morgan fingerprint density at radius 1 is 1.15 bits per heavy atom. The number of nitrogens with zero attached hydrogens (tertiary/aromatic N) is 3. The number of anilines is 1. The van der Waals surface area contributed by atoms with Gasteiger partial charge in [-0.05, 0) is 70.4 Å². The van der Waals surface area contributed by atoms with Crippen LogP contribution in [-0.4, -0.2) is 30.9 Å². The molecule has 0 aliphatic rings. The van der Waals surface area contributed by atoms with Gasteiger partial charge in [-0.3, -0.25) is 9.59 Å². The van der Waals surface area contributed by atoms with E-state index in [2.05, 4.69) is 26.4 Å². The topological polar surface area (TPSA) is 92.7 Å². The first-order chi connectivity index (χ1) is 15.6. The average molecular weight is 482 g/mol. The third-order valence-electron chi connectivity index (χ3n) is 5.46. The van der Waals surface area contributed by atoms with E-state index in [1.165, 1.54) is 23.1 Å². The third kappa shape index (κ3) is 4.89. The van der Waals surface area contributed by atoms with Crippen LogP contribution in [0.5, 0.6) is 0 Å². The minimum atomic E-state index is -0.347. The molecule has 0 aliphatic carbocycles. The number of aromatic amines is 1. The highest BCUT2D eigenvalue weighted by atomic mass is 32.2. The van der Waals surface area contributed by atoms with E-state index >= 15 is 0 Å². The van der Waals surface area contributed by atoms with Crippen LogP contribution in [-0.2, 0) is 10.5 Å². The molecule has 0 saturated heterocycles. The van der Waals surface area contributed by atoms with E-state index in [1.54, 1.807) is 4.68 Å². The van der Waals surface area contributed by atoms with E-state index in [0.717, 1.165) is 37.8 Å². The Labute approximate surface area is 200 Å². The van der Waals surface area contributed by atoms with Crippen molar-refractivity contribution in [1.82, 2.24) is 19.7 Å². The minimum Gasteiger partial charge on any atom is -0.310 e. The number of amides is 1. The van der Waals surface area contributed by atoms with Gasteiger partial charge in [0, 0.05) is 10.9 Å². The molecule has 172 valence electrons. The summed E-state index contributed by atoms with van der Waals surface area (Å²) in [5.41, 5.74) is 4.85. The molecule has 9 heteroatoms. The lowest BCUT2D eigenvalue weighted by molar-refractivity contribution is -0.115. The van der Waals surface area contributed by atoms with Gasteiger partial charge in [0.1, 0.15) is 16.5 Å². The normalized spacial score (nSPS) is 12.3. The minimum absolute atomic E-state index is 0.123. The lowest BCUT2D eigenvalue weighted by Crippen LogP contribution is -2.24. The van der Waals surface area contributed by atoms with Gasteiger partial charge < -0.3 is 10.3 Å². The number of rotatable bonds is 6. The van der Waals surface area contributed by atoms with E-state index in [4.69, 9.17) is 0 Å². The molecule has 1 atom stereocenters. The summed E-state index contributed by atoms with van der Waals surface area (Å²) in [6.45, 7) is 11.8. The largest absolute Gasteiger partial charge is 0.310 e. The average Bonchev–Trinajstić information content (AvgIpc) is 3.24. The molecule has 0 saturated carbocycles. The SMILES string of the molecule is Cc1cc(C)cc(-n2nc(C)cc2NC(=O)C(C)SCc2nc3sc(C)c(C)c3c(=O)[nH]2)c1. The Morgan fingerprint density at radius 2 is 1.85 bits per heavy atom. The maximum Gasteiger partial charge on any atom is 0.259 e. The van der Waals surface area contributed by atoms with Gasteiger partial charge in [0.15, 0.2) is 0 Å². The lowest BCUT2D eigenvalue weighted by Gasteiger charge is -2.14. The molecule has 1 aromatic carbocycles. The van der Waals surface area contributed by atoms with Crippen molar-refractivity contribution in [2.75, 3.05) is 5.32 Å². The fraction of sp³-hybridized carbons (Fsp3) is 0.333. The zero-order valence-electron chi connectivity index (χ0n) is 19.6. The molecule has 0 fully saturated rings. The highest BCUT2D eigenvalue weighted by Gasteiger charge is 2.19. The highest BCUT2D eigenvalue weighted by molar-refractivity contribution is 7.99. The molecule has 0 radical (unpaired) electrons. The van der Waals surface area contributed by atoms with Crippen LogP contribution < -0.4 is 10.9 Å². The smallest absolute Gasteiger partial charge is 0.259 e. The highest BCUT2D eigenvalue weighted by Crippen LogP contribution is 2.27. The maximum atomic E-state index is 12.9. The quantitative estimate of drug-likeness (QED) is 0.405. The molecule has 4 aromatic rings. The molecule has 7 nitrogen and oxygen atoms in total. The Bertz CT molecular complexity index is 1400. The predicted molar refractivity (Wildman–Crippen MR) is 137 cm³/mol. The molecule has 2 N–H and O–H groups in total. The van der Waals surface area contributed by atoms with Crippen LogP contribution in [0.15, 0.2) is 29.1 Å². The molecule has 4 rings (SSSR count). The van der Waals surface area contributed by atoms with Gasteiger partial charge in [0.05, 0.1) is 27.8 Å². The lowest BCUT2D eigenvalue weighted by atomic mass is 10.1. The molecule has 3 aromatic heterocycles. The zero-order valence-corrected chi connectivity index (χ0v) is 21.2. The molecular formula is C24H27N5O2S2. The number of aryl methyl sites for hydroxylation is 5. The summed E-state index contributed by atoms with van der Waals surface area (Å²) >= 11 is 2.95. The number of carbonyl (C=O) groups excluding carboxylic acids is 1. The Morgan fingerprint density at radius 3 is 2.55 bits per heavy atom. The van der Waals surface area contributed by atoms with E-state index < -0.39 is 0 Å². The van der Waals surface area contributed by atoms with Crippen LogP contribution in [0.3, 0.4) is 0 Å². The van der Waals surface area contributed by atoms with Crippen LogP contribution in [0.2, 0.25) is 0 Å². The van der Waals surface area contributed by atoms with Crippen LogP contribution >= 0.6 is 23.1 Å². The summed E-state index contributed by atoms with van der Waals surface area (Å²) in [4.78, 5) is 34.7. The molecule has 3 heterocycles. The van der Waals surface area contributed by atoms with Gasteiger partial charge in [0.25, 0.3) is 5.56 Å². The molecule has 0 spiro atoms. The Balaban J connectivity index is 1.48. The van der Waals surface area contributed by atoms with E-state index in [9.17, 15) is 9.59 Å². The first-order valence-corrected chi connectivity index (χ1v) is 12.6. The van der Waals surface area contributed by atoms with Crippen LogP contribution in [0.4, 0.5) is 5.82 Å². The fourth-order valence-corrected chi connectivity index (χ4v) is 5.54. The van der Waals surface area contributed by atoms with Crippen molar-refractivity contribution < 1.29 is 4.79 Å². The van der Waals surface area contributed by atoms with Crippen molar-refractivity contribution >= 4 is 45.0 Å².